The first-order valence-electron chi connectivity index (χ1n) is 10.7. The Bertz CT molecular complexity index is 1000. The minimum atomic E-state index is -0.379. The van der Waals surface area contributed by atoms with Gasteiger partial charge >= 0.3 is 11.9 Å². The van der Waals surface area contributed by atoms with Gasteiger partial charge in [0.1, 0.15) is 5.75 Å². The molecule has 0 aliphatic heterocycles. The molecule has 0 aliphatic rings. The van der Waals surface area contributed by atoms with E-state index in [-0.39, 0.29) is 11.9 Å². The number of carbonyl (C=O) groups excluding carboxylic acids is 2. The van der Waals surface area contributed by atoms with Gasteiger partial charge in [-0.15, -0.1) is 0 Å². The summed E-state index contributed by atoms with van der Waals surface area (Å²) in [7, 11) is 0. The Morgan fingerprint density at radius 1 is 0.742 bits per heavy atom. The summed E-state index contributed by atoms with van der Waals surface area (Å²) in [5.41, 5.74) is 4.16. The van der Waals surface area contributed by atoms with E-state index in [0.717, 1.165) is 24.0 Å². The predicted molar refractivity (Wildman–Crippen MR) is 122 cm³/mol. The van der Waals surface area contributed by atoms with Gasteiger partial charge in [0, 0.05) is 0 Å². The molecule has 4 heteroatoms. The van der Waals surface area contributed by atoms with Crippen molar-refractivity contribution in [3.8, 4) is 16.9 Å². The van der Waals surface area contributed by atoms with E-state index >= 15 is 0 Å². The molecule has 0 saturated carbocycles. The third-order valence-electron chi connectivity index (χ3n) is 5.31. The number of benzene rings is 3. The SMILES string of the molecule is CCc1ccc(C(=O)Oc2ccc(-c3ccc(C(=O)OCC(C)CC)cc3)cc2)cc1. The Kier molecular flexibility index (Phi) is 7.60. The molecule has 160 valence electrons. The van der Waals surface area contributed by atoms with Crippen molar-refractivity contribution in [1.29, 1.82) is 0 Å². The first kappa shape index (κ1) is 22.3. The van der Waals surface area contributed by atoms with Crippen molar-refractivity contribution in [1.82, 2.24) is 0 Å². The van der Waals surface area contributed by atoms with Gasteiger partial charge in [-0.1, -0.05) is 63.6 Å². The minimum absolute atomic E-state index is 0.305. The van der Waals surface area contributed by atoms with Crippen LogP contribution in [-0.2, 0) is 11.2 Å². The van der Waals surface area contributed by atoms with E-state index < -0.39 is 0 Å². The third-order valence-corrected chi connectivity index (χ3v) is 5.31. The fraction of sp³-hybridized carbons (Fsp3) is 0.259. The summed E-state index contributed by atoms with van der Waals surface area (Å²) >= 11 is 0. The number of ether oxygens (including phenoxy) is 2. The van der Waals surface area contributed by atoms with Crippen LogP contribution in [0.1, 0.15) is 53.5 Å². The molecule has 0 fully saturated rings. The van der Waals surface area contributed by atoms with Crippen LogP contribution >= 0.6 is 0 Å². The molecule has 0 bridgehead atoms. The van der Waals surface area contributed by atoms with Gasteiger partial charge in [-0.05, 0) is 65.4 Å². The highest BCUT2D eigenvalue weighted by Crippen LogP contribution is 2.24. The van der Waals surface area contributed by atoms with Gasteiger partial charge in [0.05, 0.1) is 17.7 Å². The lowest BCUT2D eigenvalue weighted by atomic mass is 10.0. The summed E-state index contributed by atoms with van der Waals surface area (Å²) in [4.78, 5) is 24.5. The number of hydrogen-bond acceptors (Lipinski definition) is 4. The molecule has 4 nitrogen and oxygen atoms in total. The zero-order valence-electron chi connectivity index (χ0n) is 18.3. The second kappa shape index (κ2) is 10.6. The Balaban J connectivity index is 1.61. The molecule has 0 N–H and O–H groups in total. The number of aryl methyl sites for hydroxylation is 1. The van der Waals surface area contributed by atoms with Crippen molar-refractivity contribution >= 4 is 11.9 Å². The lowest BCUT2D eigenvalue weighted by Gasteiger charge is -2.10. The maximum atomic E-state index is 12.3. The Morgan fingerprint density at radius 2 is 1.26 bits per heavy atom. The Morgan fingerprint density at radius 3 is 1.81 bits per heavy atom. The maximum absolute atomic E-state index is 12.3. The second-order valence-corrected chi connectivity index (χ2v) is 7.65. The summed E-state index contributed by atoms with van der Waals surface area (Å²) in [6.07, 6.45) is 1.90. The smallest absolute Gasteiger partial charge is 0.343 e. The van der Waals surface area contributed by atoms with Crippen LogP contribution in [0.2, 0.25) is 0 Å². The number of hydrogen-bond donors (Lipinski definition) is 0. The number of esters is 2. The highest BCUT2D eigenvalue weighted by Gasteiger charge is 2.11. The maximum Gasteiger partial charge on any atom is 0.343 e. The van der Waals surface area contributed by atoms with Crippen molar-refractivity contribution in [3.05, 3.63) is 89.5 Å². The Labute approximate surface area is 183 Å². The zero-order chi connectivity index (χ0) is 22.2. The molecule has 3 rings (SSSR count). The van der Waals surface area contributed by atoms with E-state index in [1.807, 2.05) is 36.4 Å². The van der Waals surface area contributed by atoms with Gasteiger partial charge in [0.25, 0.3) is 0 Å². The molecule has 0 saturated heterocycles. The van der Waals surface area contributed by atoms with Crippen molar-refractivity contribution in [2.75, 3.05) is 6.61 Å². The van der Waals surface area contributed by atoms with Crippen LogP contribution in [0.25, 0.3) is 11.1 Å². The first-order chi connectivity index (χ1) is 15.0. The largest absolute Gasteiger partial charge is 0.462 e. The van der Waals surface area contributed by atoms with Crippen LogP contribution < -0.4 is 4.74 Å². The third kappa shape index (κ3) is 6.05. The van der Waals surface area contributed by atoms with Crippen molar-refractivity contribution in [3.63, 3.8) is 0 Å². The average Bonchev–Trinajstić information content (AvgIpc) is 2.83. The molecule has 0 radical (unpaired) electrons. The quantitative estimate of drug-likeness (QED) is 0.318. The minimum Gasteiger partial charge on any atom is -0.462 e. The molecule has 1 unspecified atom stereocenters. The summed E-state index contributed by atoms with van der Waals surface area (Å²) in [5, 5.41) is 0. The van der Waals surface area contributed by atoms with Crippen molar-refractivity contribution in [2.24, 2.45) is 5.92 Å². The fourth-order valence-corrected chi connectivity index (χ4v) is 2.98. The van der Waals surface area contributed by atoms with Crippen LogP contribution in [0.3, 0.4) is 0 Å². The molecule has 0 heterocycles. The molecule has 0 spiro atoms. The molecular weight excluding hydrogens is 388 g/mol. The topological polar surface area (TPSA) is 52.6 Å². The first-order valence-corrected chi connectivity index (χ1v) is 10.7. The van der Waals surface area contributed by atoms with Crippen molar-refractivity contribution in [2.45, 2.75) is 33.6 Å². The zero-order valence-corrected chi connectivity index (χ0v) is 18.3. The van der Waals surface area contributed by atoms with Gasteiger partial charge in [-0.25, -0.2) is 9.59 Å². The lowest BCUT2D eigenvalue weighted by molar-refractivity contribution is 0.0447. The fourth-order valence-electron chi connectivity index (χ4n) is 2.98. The summed E-state index contributed by atoms with van der Waals surface area (Å²) in [6.45, 7) is 6.63. The standard InChI is InChI=1S/C27H28O4/c1-4-19(3)18-30-26(28)23-12-10-21(11-13-23)22-14-16-25(17-15-22)31-27(29)24-8-6-20(5-2)7-9-24/h6-17,19H,4-5,18H2,1-3H3. The van der Waals surface area contributed by atoms with Crippen LogP contribution in [0, 0.1) is 5.92 Å². The van der Waals surface area contributed by atoms with Gasteiger partial charge < -0.3 is 9.47 Å². The van der Waals surface area contributed by atoms with E-state index in [4.69, 9.17) is 9.47 Å². The van der Waals surface area contributed by atoms with Crippen LogP contribution in [-0.4, -0.2) is 18.5 Å². The van der Waals surface area contributed by atoms with E-state index in [2.05, 4.69) is 20.8 Å². The van der Waals surface area contributed by atoms with E-state index in [9.17, 15) is 9.59 Å². The monoisotopic (exact) mass is 416 g/mol. The number of rotatable bonds is 8. The van der Waals surface area contributed by atoms with Crippen LogP contribution in [0.5, 0.6) is 5.75 Å². The van der Waals surface area contributed by atoms with E-state index in [1.165, 1.54) is 5.56 Å². The normalized spacial score (nSPS) is 11.6. The summed E-state index contributed by atoms with van der Waals surface area (Å²) in [5.74, 6) is 0.154. The Hall–Kier alpha value is -3.40. The van der Waals surface area contributed by atoms with Gasteiger partial charge in [-0.3, -0.25) is 0 Å². The highest BCUT2D eigenvalue weighted by molar-refractivity contribution is 5.91. The van der Waals surface area contributed by atoms with E-state index in [1.54, 1.807) is 36.4 Å². The molecule has 0 aliphatic carbocycles. The molecule has 3 aromatic rings. The molecule has 0 amide bonds. The predicted octanol–water partition coefficient (Wildman–Crippen LogP) is 6.34. The average molecular weight is 417 g/mol. The number of carbonyl (C=O) groups is 2. The van der Waals surface area contributed by atoms with Crippen LogP contribution in [0.4, 0.5) is 0 Å². The molecule has 3 aromatic carbocycles. The molecule has 1 atom stereocenters. The van der Waals surface area contributed by atoms with Gasteiger partial charge in [0.15, 0.2) is 0 Å². The molecule has 31 heavy (non-hydrogen) atoms. The van der Waals surface area contributed by atoms with Gasteiger partial charge in [-0.2, -0.15) is 0 Å². The summed E-state index contributed by atoms with van der Waals surface area (Å²) in [6, 6.07) is 22.0. The van der Waals surface area contributed by atoms with Crippen LogP contribution in [0.15, 0.2) is 72.8 Å². The van der Waals surface area contributed by atoms with Crippen molar-refractivity contribution < 1.29 is 19.1 Å². The molecular formula is C27H28O4. The summed E-state index contributed by atoms with van der Waals surface area (Å²) < 4.78 is 10.8. The lowest BCUT2D eigenvalue weighted by Crippen LogP contribution is -2.11. The second-order valence-electron chi connectivity index (χ2n) is 7.65. The highest BCUT2D eigenvalue weighted by atomic mass is 16.5. The van der Waals surface area contributed by atoms with Gasteiger partial charge in [0.2, 0.25) is 0 Å². The molecule has 0 aromatic heterocycles. The van der Waals surface area contributed by atoms with E-state index in [0.29, 0.717) is 29.4 Å².